The SMILES string of the molecule is CCC(C)NC(=O)c1ccccc1NC(=O)C1CCN(C(=O)c2ccc(F)cc2F)CC1. The molecule has 2 aromatic rings. The number of nitrogens with zero attached hydrogens (tertiary/aromatic N) is 1. The van der Waals surface area contributed by atoms with Crippen molar-refractivity contribution in [3.63, 3.8) is 0 Å². The summed E-state index contributed by atoms with van der Waals surface area (Å²) in [6, 6.07) is 9.69. The van der Waals surface area contributed by atoms with Crippen LogP contribution in [0.5, 0.6) is 0 Å². The van der Waals surface area contributed by atoms with Gasteiger partial charge in [0.2, 0.25) is 5.91 Å². The van der Waals surface area contributed by atoms with E-state index in [1.54, 1.807) is 24.3 Å². The molecule has 1 unspecified atom stereocenters. The van der Waals surface area contributed by atoms with Gasteiger partial charge in [-0.15, -0.1) is 0 Å². The summed E-state index contributed by atoms with van der Waals surface area (Å²) in [7, 11) is 0. The molecule has 0 aromatic heterocycles. The minimum atomic E-state index is -0.901. The van der Waals surface area contributed by atoms with Gasteiger partial charge in [0.25, 0.3) is 11.8 Å². The molecule has 0 aliphatic carbocycles. The van der Waals surface area contributed by atoms with Crippen LogP contribution in [0.2, 0.25) is 0 Å². The predicted octanol–water partition coefficient (Wildman–Crippen LogP) is 3.98. The average molecular weight is 443 g/mol. The first kappa shape index (κ1) is 23.4. The number of carbonyl (C=O) groups is 3. The molecule has 1 saturated heterocycles. The number of likely N-dealkylation sites (tertiary alicyclic amines) is 1. The molecule has 1 atom stereocenters. The number of hydrogen-bond acceptors (Lipinski definition) is 3. The Kier molecular flexibility index (Phi) is 7.56. The normalized spacial score (nSPS) is 15.2. The predicted molar refractivity (Wildman–Crippen MR) is 117 cm³/mol. The van der Waals surface area contributed by atoms with E-state index in [1.807, 2.05) is 13.8 Å². The van der Waals surface area contributed by atoms with Gasteiger partial charge in [-0.1, -0.05) is 19.1 Å². The number of benzene rings is 2. The van der Waals surface area contributed by atoms with Crippen molar-refractivity contribution >= 4 is 23.4 Å². The molecule has 0 bridgehead atoms. The highest BCUT2D eigenvalue weighted by atomic mass is 19.1. The van der Waals surface area contributed by atoms with Gasteiger partial charge < -0.3 is 15.5 Å². The fraction of sp³-hybridized carbons (Fsp3) is 0.375. The van der Waals surface area contributed by atoms with E-state index in [0.29, 0.717) is 30.2 Å². The summed E-state index contributed by atoms with van der Waals surface area (Å²) in [5.74, 6) is -2.99. The van der Waals surface area contributed by atoms with Crippen LogP contribution in [0.3, 0.4) is 0 Å². The zero-order valence-corrected chi connectivity index (χ0v) is 18.2. The van der Waals surface area contributed by atoms with Gasteiger partial charge in [0, 0.05) is 31.1 Å². The van der Waals surface area contributed by atoms with Crippen molar-refractivity contribution in [1.29, 1.82) is 0 Å². The third-order valence-electron chi connectivity index (χ3n) is 5.73. The maximum Gasteiger partial charge on any atom is 0.256 e. The van der Waals surface area contributed by atoms with E-state index in [1.165, 1.54) is 4.90 Å². The number of rotatable bonds is 6. The highest BCUT2D eigenvalue weighted by molar-refractivity contribution is 6.04. The molecule has 3 amide bonds. The molecule has 32 heavy (non-hydrogen) atoms. The van der Waals surface area contributed by atoms with Gasteiger partial charge in [0.05, 0.1) is 16.8 Å². The van der Waals surface area contributed by atoms with Crippen LogP contribution in [0.25, 0.3) is 0 Å². The molecule has 8 heteroatoms. The van der Waals surface area contributed by atoms with Gasteiger partial charge in [-0.25, -0.2) is 8.78 Å². The standard InChI is InChI=1S/C24H27F2N3O3/c1-3-15(2)27-23(31)19-6-4-5-7-21(19)28-22(30)16-10-12-29(13-11-16)24(32)18-9-8-17(25)14-20(18)26/h4-9,14-16H,3,10-13H2,1-2H3,(H,27,31)(H,28,30). The van der Waals surface area contributed by atoms with Crippen LogP contribution in [-0.4, -0.2) is 41.8 Å². The lowest BCUT2D eigenvalue weighted by Gasteiger charge is -2.31. The number of amides is 3. The van der Waals surface area contributed by atoms with Crippen molar-refractivity contribution in [2.24, 2.45) is 5.92 Å². The molecule has 3 rings (SSSR count). The Morgan fingerprint density at radius 2 is 1.75 bits per heavy atom. The minimum Gasteiger partial charge on any atom is -0.350 e. The maximum atomic E-state index is 13.9. The van der Waals surface area contributed by atoms with Crippen molar-refractivity contribution in [3.05, 3.63) is 65.2 Å². The zero-order chi connectivity index (χ0) is 23.3. The van der Waals surface area contributed by atoms with Crippen LogP contribution in [0.4, 0.5) is 14.5 Å². The third-order valence-corrected chi connectivity index (χ3v) is 5.73. The van der Waals surface area contributed by atoms with Crippen molar-refractivity contribution in [3.8, 4) is 0 Å². The average Bonchev–Trinajstić information content (AvgIpc) is 2.79. The first-order valence-electron chi connectivity index (χ1n) is 10.7. The fourth-order valence-corrected chi connectivity index (χ4v) is 3.61. The molecule has 170 valence electrons. The molecule has 6 nitrogen and oxygen atoms in total. The van der Waals surface area contributed by atoms with E-state index < -0.39 is 17.5 Å². The molecular formula is C24H27F2N3O3. The summed E-state index contributed by atoms with van der Waals surface area (Å²) in [6.07, 6.45) is 1.60. The van der Waals surface area contributed by atoms with E-state index in [4.69, 9.17) is 0 Å². The van der Waals surface area contributed by atoms with E-state index >= 15 is 0 Å². The van der Waals surface area contributed by atoms with Gasteiger partial charge in [0.1, 0.15) is 11.6 Å². The molecular weight excluding hydrogens is 416 g/mol. The molecule has 2 aromatic carbocycles. The number of carbonyl (C=O) groups excluding carboxylic acids is 3. The monoisotopic (exact) mass is 443 g/mol. The van der Waals surface area contributed by atoms with Crippen molar-refractivity contribution < 1.29 is 23.2 Å². The number of halogens is 2. The highest BCUT2D eigenvalue weighted by Crippen LogP contribution is 2.23. The summed E-state index contributed by atoms with van der Waals surface area (Å²) in [6.45, 7) is 4.44. The Bertz CT molecular complexity index is 1000. The maximum absolute atomic E-state index is 13.9. The second-order valence-corrected chi connectivity index (χ2v) is 8.01. The lowest BCUT2D eigenvalue weighted by molar-refractivity contribution is -0.121. The van der Waals surface area contributed by atoms with Crippen LogP contribution in [0, 0.1) is 17.6 Å². The Morgan fingerprint density at radius 3 is 2.41 bits per heavy atom. The Balaban J connectivity index is 1.61. The summed E-state index contributed by atoms with van der Waals surface area (Å²) >= 11 is 0. The number of nitrogens with one attached hydrogen (secondary N) is 2. The zero-order valence-electron chi connectivity index (χ0n) is 18.2. The van der Waals surface area contributed by atoms with E-state index in [0.717, 1.165) is 18.6 Å². The van der Waals surface area contributed by atoms with Crippen molar-refractivity contribution in [1.82, 2.24) is 10.2 Å². The van der Waals surface area contributed by atoms with Crippen molar-refractivity contribution in [2.75, 3.05) is 18.4 Å². The van der Waals surface area contributed by atoms with E-state index in [9.17, 15) is 23.2 Å². The van der Waals surface area contributed by atoms with Crippen LogP contribution >= 0.6 is 0 Å². The van der Waals surface area contributed by atoms with Crippen LogP contribution < -0.4 is 10.6 Å². The number of anilines is 1. The molecule has 0 saturated carbocycles. The topological polar surface area (TPSA) is 78.5 Å². The molecule has 1 aliphatic heterocycles. The Hall–Kier alpha value is -3.29. The Labute approximate surface area is 186 Å². The first-order chi connectivity index (χ1) is 15.3. The van der Waals surface area contributed by atoms with Crippen molar-refractivity contribution in [2.45, 2.75) is 39.2 Å². The summed E-state index contributed by atoms with van der Waals surface area (Å²) in [5.41, 5.74) is 0.640. The molecule has 2 N–H and O–H groups in total. The smallest absolute Gasteiger partial charge is 0.256 e. The van der Waals surface area contributed by atoms with Crippen LogP contribution in [0.15, 0.2) is 42.5 Å². The van der Waals surface area contributed by atoms with Gasteiger partial charge in [0.15, 0.2) is 0 Å². The van der Waals surface area contributed by atoms with Gasteiger partial charge in [-0.05, 0) is 50.5 Å². The fourth-order valence-electron chi connectivity index (χ4n) is 3.61. The van der Waals surface area contributed by atoms with E-state index in [-0.39, 0.29) is 42.4 Å². The van der Waals surface area contributed by atoms with Gasteiger partial charge in [-0.3, -0.25) is 14.4 Å². The first-order valence-corrected chi connectivity index (χ1v) is 10.7. The van der Waals surface area contributed by atoms with Crippen LogP contribution in [-0.2, 0) is 4.79 Å². The lowest BCUT2D eigenvalue weighted by Crippen LogP contribution is -2.42. The quantitative estimate of drug-likeness (QED) is 0.709. The number of hydrogen-bond donors (Lipinski definition) is 2. The number of piperidine rings is 1. The molecule has 1 heterocycles. The minimum absolute atomic E-state index is 0.0130. The summed E-state index contributed by atoms with van der Waals surface area (Å²) in [5, 5.41) is 5.73. The molecule has 1 fully saturated rings. The number of para-hydroxylation sites is 1. The third kappa shape index (κ3) is 5.49. The molecule has 0 spiro atoms. The van der Waals surface area contributed by atoms with Crippen LogP contribution in [0.1, 0.15) is 53.8 Å². The molecule has 0 radical (unpaired) electrons. The molecule has 1 aliphatic rings. The summed E-state index contributed by atoms with van der Waals surface area (Å²) < 4.78 is 27.0. The van der Waals surface area contributed by atoms with Gasteiger partial charge in [-0.2, -0.15) is 0 Å². The Morgan fingerprint density at radius 1 is 1.06 bits per heavy atom. The largest absolute Gasteiger partial charge is 0.350 e. The second-order valence-electron chi connectivity index (χ2n) is 8.01. The summed E-state index contributed by atoms with van der Waals surface area (Å²) in [4.78, 5) is 39.4. The lowest BCUT2D eigenvalue weighted by atomic mass is 9.95. The van der Waals surface area contributed by atoms with E-state index in [2.05, 4.69) is 10.6 Å². The highest BCUT2D eigenvalue weighted by Gasteiger charge is 2.29. The van der Waals surface area contributed by atoms with Gasteiger partial charge >= 0.3 is 0 Å². The second kappa shape index (κ2) is 10.3.